The van der Waals surface area contributed by atoms with Crippen LogP contribution in [-0.4, -0.2) is 6.30 Å². The molecule has 1 rings (SSSR count). The van der Waals surface area contributed by atoms with Crippen LogP contribution in [0.25, 0.3) is 0 Å². The van der Waals surface area contributed by atoms with E-state index >= 15 is 0 Å². The van der Waals surface area contributed by atoms with Gasteiger partial charge in [0, 0.05) is 5.69 Å². The third kappa shape index (κ3) is 2.93. The zero-order valence-corrected chi connectivity index (χ0v) is 6.74. The summed E-state index contributed by atoms with van der Waals surface area (Å²) in [5, 5.41) is 1.28. The topological polar surface area (TPSA) is 12.0 Å². The summed E-state index contributed by atoms with van der Waals surface area (Å²) in [6.07, 6.45) is -4.48. The molecule has 72 valence electrons. The maximum absolute atomic E-state index is 12.6. The summed E-state index contributed by atoms with van der Waals surface area (Å²) in [4.78, 5) is 0. The second kappa shape index (κ2) is 3.24. The predicted molar refractivity (Wildman–Crippen MR) is 40.8 cm³/mol. The first-order valence-corrected chi connectivity index (χ1v) is 3.49. The van der Waals surface area contributed by atoms with Gasteiger partial charge in [0.05, 0.1) is 0 Å². The van der Waals surface area contributed by atoms with Crippen LogP contribution in [0, 0.1) is 12.7 Å². The second-order valence-electron chi connectivity index (χ2n) is 2.59. The van der Waals surface area contributed by atoms with Gasteiger partial charge >= 0.3 is 6.30 Å². The highest BCUT2D eigenvalue weighted by molar-refractivity contribution is 5.46. The van der Waals surface area contributed by atoms with Crippen molar-refractivity contribution in [3.05, 3.63) is 29.6 Å². The summed E-state index contributed by atoms with van der Waals surface area (Å²) < 4.78 is 47.9. The van der Waals surface area contributed by atoms with E-state index in [-0.39, 0.29) is 11.3 Å². The lowest BCUT2D eigenvalue weighted by Crippen LogP contribution is -2.20. The fourth-order valence-electron chi connectivity index (χ4n) is 0.886. The van der Waals surface area contributed by atoms with Gasteiger partial charge in [0.1, 0.15) is 5.82 Å². The maximum Gasteiger partial charge on any atom is 0.482 e. The second-order valence-corrected chi connectivity index (χ2v) is 2.59. The Labute approximate surface area is 72.4 Å². The molecule has 0 spiro atoms. The highest BCUT2D eigenvalue weighted by atomic mass is 19.4. The zero-order chi connectivity index (χ0) is 10.1. The Morgan fingerprint density at radius 2 is 1.85 bits per heavy atom. The van der Waals surface area contributed by atoms with Gasteiger partial charge in [-0.05, 0) is 30.7 Å². The predicted octanol–water partition coefficient (Wildman–Crippen LogP) is 3.07. The van der Waals surface area contributed by atoms with Crippen LogP contribution in [0.5, 0.6) is 0 Å². The molecule has 0 amide bonds. The Hall–Kier alpha value is -1.26. The smallest absolute Gasteiger partial charge is 0.297 e. The first kappa shape index (κ1) is 9.83. The van der Waals surface area contributed by atoms with E-state index in [0.717, 1.165) is 18.2 Å². The van der Waals surface area contributed by atoms with E-state index in [0.29, 0.717) is 0 Å². The van der Waals surface area contributed by atoms with E-state index < -0.39 is 12.1 Å². The van der Waals surface area contributed by atoms with Crippen LogP contribution in [-0.2, 0) is 0 Å². The first-order chi connectivity index (χ1) is 5.88. The van der Waals surface area contributed by atoms with Crippen molar-refractivity contribution in [2.24, 2.45) is 0 Å². The Bertz CT molecular complexity index is 306. The van der Waals surface area contributed by atoms with Crippen molar-refractivity contribution in [1.82, 2.24) is 0 Å². The molecule has 0 unspecified atom stereocenters. The van der Waals surface area contributed by atoms with Crippen LogP contribution in [0.3, 0.4) is 0 Å². The summed E-state index contributed by atoms with van der Waals surface area (Å²) in [6.45, 7) is 1.40. The quantitative estimate of drug-likeness (QED) is 0.533. The summed E-state index contributed by atoms with van der Waals surface area (Å²) in [5.74, 6) is -0.521. The first-order valence-electron chi connectivity index (χ1n) is 3.49. The van der Waals surface area contributed by atoms with Crippen molar-refractivity contribution < 1.29 is 17.6 Å². The highest BCUT2D eigenvalue weighted by Gasteiger charge is 2.26. The maximum atomic E-state index is 12.6. The summed E-state index contributed by atoms with van der Waals surface area (Å²) in [6, 6.07) is 3.13. The van der Waals surface area contributed by atoms with E-state index in [1.807, 2.05) is 0 Å². The van der Waals surface area contributed by atoms with Gasteiger partial charge in [0.15, 0.2) is 0 Å². The molecule has 5 heteroatoms. The average Bonchev–Trinajstić information content (AvgIpc) is 1.94. The molecule has 0 aromatic heterocycles. The molecule has 1 N–H and O–H groups in total. The van der Waals surface area contributed by atoms with Gasteiger partial charge in [-0.1, -0.05) is 0 Å². The van der Waals surface area contributed by atoms with Crippen molar-refractivity contribution in [1.29, 1.82) is 0 Å². The number of rotatable bonds is 1. The Kier molecular flexibility index (Phi) is 2.45. The van der Waals surface area contributed by atoms with Crippen LogP contribution >= 0.6 is 0 Å². The van der Waals surface area contributed by atoms with Crippen LogP contribution in [0.4, 0.5) is 23.2 Å². The van der Waals surface area contributed by atoms with Gasteiger partial charge in [-0.2, -0.15) is 13.2 Å². The van der Waals surface area contributed by atoms with Gasteiger partial charge in [-0.3, -0.25) is 5.32 Å². The third-order valence-corrected chi connectivity index (χ3v) is 1.44. The molecule has 0 aliphatic heterocycles. The van der Waals surface area contributed by atoms with Crippen LogP contribution in [0.15, 0.2) is 18.2 Å². The lowest BCUT2D eigenvalue weighted by Gasteiger charge is -2.10. The van der Waals surface area contributed by atoms with Crippen molar-refractivity contribution in [3.63, 3.8) is 0 Å². The number of aryl methyl sites for hydroxylation is 1. The number of benzene rings is 1. The number of hydrogen-bond acceptors (Lipinski definition) is 1. The van der Waals surface area contributed by atoms with Gasteiger partial charge in [-0.25, -0.2) is 4.39 Å². The molecule has 0 fully saturated rings. The van der Waals surface area contributed by atoms with Crippen LogP contribution in [0.1, 0.15) is 5.56 Å². The minimum Gasteiger partial charge on any atom is -0.297 e. The SMILES string of the molecule is Cc1cc(NC(F)(F)F)ccc1F. The van der Waals surface area contributed by atoms with Gasteiger partial charge in [-0.15, -0.1) is 0 Å². The van der Waals surface area contributed by atoms with Gasteiger partial charge in [0.25, 0.3) is 0 Å². The summed E-state index contributed by atoms with van der Waals surface area (Å²) >= 11 is 0. The Morgan fingerprint density at radius 3 is 2.31 bits per heavy atom. The van der Waals surface area contributed by atoms with Gasteiger partial charge < -0.3 is 0 Å². The van der Waals surface area contributed by atoms with Crippen molar-refractivity contribution in [2.75, 3.05) is 5.32 Å². The molecule has 0 bridgehead atoms. The minimum absolute atomic E-state index is 0.161. The largest absolute Gasteiger partial charge is 0.482 e. The number of alkyl halides is 3. The molecule has 13 heavy (non-hydrogen) atoms. The lowest BCUT2D eigenvalue weighted by atomic mass is 10.2. The van der Waals surface area contributed by atoms with E-state index in [1.165, 1.54) is 12.2 Å². The molecule has 0 atom stereocenters. The van der Waals surface area contributed by atoms with Crippen molar-refractivity contribution in [3.8, 4) is 0 Å². The number of anilines is 1. The average molecular weight is 193 g/mol. The van der Waals surface area contributed by atoms with Crippen molar-refractivity contribution in [2.45, 2.75) is 13.2 Å². The number of hydrogen-bond donors (Lipinski definition) is 1. The van der Waals surface area contributed by atoms with Crippen LogP contribution < -0.4 is 5.32 Å². The van der Waals surface area contributed by atoms with E-state index in [9.17, 15) is 17.6 Å². The summed E-state index contributed by atoms with van der Waals surface area (Å²) in [5.41, 5.74) is 0.0145. The van der Waals surface area contributed by atoms with Crippen molar-refractivity contribution >= 4 is 5.69 Å². The number of nitrogens with one attached hydrogen (secondary N) is 1. The monoisotopic (exact) mass is 193 g/mol. The zero-order valence-electron chi connectivity index (χ0n) is 6.74. The molecule has 0 saturated heterocycles. The minimum atomic E-state index is -4.48. The molecule has 1 nitrogen and oxygen atoms in total. The molecule has 1 aromatic rings. The molecule has 0 aliphatic rings. The van der Waals surface area contributed by atoms with E-state index in [1.54, 1.807) is 0 Å². The normalized spacial score (nSPS) is 11.5. The van der Waals surface area contributed by atoms with E-state index in [2.05, 4.69) is 0 Å². The molecule has 0 saturated carbocycles. The molecular weight excluding hydrogens is 186 g/mol. The number of halogens is 4. The third-order valence-electron chi connectivity index (χ3n) is 1.44. The highest BCUT2D eigenvalue weighted by Crippen LogP contribution is 2.21. The fourth-order valence-corrected chi connectivity index (χ4v) is 0.886. The molecule has 0 radical (unpaired) electrons. The Morgan fingerprint density at radius 1 is 1.23 bits per heavy atom. The fraction of sp³-hybridized carbons (Fsp3) is 0.250. The molecular formula is C8H7F4N. The van der Waals surface area contributed by atoms with E-state index in [4.69, 9.17) is 0 Å². The molecule has 1 aromatic carbocycles. The Balaban J connectivity index is 2.86. The van der Waals surface area contributed by atoms with Crippen LogP contribution in [0.2, 0.25) is 0 Å². The molecule has 0 heterocycles. The standard InChI is InChI=1S/C8H7F4N/c1-5-4-6(2-3-7(5)9)13-8(10,11)12/h2-4,13H,1H3. The summed E-state index contributed by atoms with van der Waals surface area (Å²) in [7, 11) is 0. The van der Waals surface area contributed by atoms with Gasteiger partial charge in [0.2, 0.25) is 0 Å². The lowest BCUT2D eigenvalue weighted by molar-refractivity contribution is -0.0999. The molecule has 0 aliphatic carbocycles.